The Bertz CT molecular complexity index is 303. The van der Waals surface area contributed by atoms with Gasteiger partial charge in [0.25, 0.3) is 0 Å². The van der Waals surface area contributed by atoms with E-state index in [1.807, 2.05) is 13.8 Å². The van der Waals surface area contributed by atoms with Crippen molar-refractivity contribution in [2.75, 3.05) is 18.9 Å². The lowest BCUT2D eigenvalue weighted by atomic mass is 10.1. The first-order valence-electron chi connectivity index (χ1n) is 5.38. The van der Waals surface area contributed by atoms with Crippen LogP contribution < -0.4 is 5.73 Å². The molecule has 1 aromatic heterocycles. The van der Waals surface area contributed by atoms with E-state index in [0.29, 0.717) is 12.4 Å². The fourth-order valence-corrected chi connectivity index (χ4v) is 1.53. The average Bonchev–Trinajstić information content (AvgIpc) is 2.18. The molecule has 0 unspecified atom stereocenters. The van der Waals surface area contributed by atoms with Gasteiger partial charge in [-0.3, -0.25) is 0 Å². The summed E-state index contributed by atoms with van der Waals surface area (Å²) in [6, 6.07) is 0. The summed E-state index contributed by atoms with van der Waals surface area (Å²) >= 11 is 0. The summed E-state index contributed by atoms with van der Waals surface area (Å²) in [5.74, 6) is 1.38. The van der Waals surface area contributed by atoms with Crippen molar-refractivity contribution >= 4 is 5.82 Å². The van der Waals surface area contributed by atoms with Gasteiger partial charge in [0.2, 0.25) is 0 Å². The van der Waals surface area contributed by atoms with Gasteiger partial charge >= 0.3 is 0 Å². The van der Waals surface area contributed by atoms with Gasteiger partial charge in [0.1, 0.15) is 11.6 Å². The number of ether oxygens (including phenoxy) is 1. The quantitative estimate of drug-likeness (QED) is 0.747. The second-order valence-electron chi connectivity index (χ2n) is 3.39. The van der Waals surface area contributed by atoms with Crippen molar-refractivity contribution in [1.29, 1.82) is 0 Å². The zero-order valence-corrected chi connectivity index (χ0v) is 9.71. The molecule has 15 heavy (non-hydrogen) atoms. The number of anilines is 1. The monoisotopic (exact) mass is 209 g/mol. The van der Waals surface area contributed by atoms with Gasteiger partial charge in [0, 0.05) is 24.3 Å². The zero-order valence-electron chi connectivity index (χ0n) is 9.71. The predicted octanol–water partition coefficient (Wildman–Crippen LogP) is 1.51. The molecule has 2 N–H and O–H groups in total. The molecule has 4 nitrogen and oxygen atoms in total. The van der Waals surface area contributed by atoms with E-state index in [2.05, 4.69) is 16.9 Å². The Morgan fingerprint density at radius 1 is 1.27 bits per heavy atom. The van der Waals surface area contributed by atoms with Crippen molar-refractivity contribution in [2.45, 2.75) is 33.6 Å². The lowest BCUT2D eigenvalue weighted by molar-refractivity contribution is 0.149. The Labute approximate surface area is 90.9 Å². The van der Waals surface area contributed by atoms with Crippen molar-refractivity contribution < 1.29 is 4.74 Å². The van der Waals surface area contributed by atoms with Gasteiger partial charge in [0.05, 0.1) is 6.61 Å². The van der Waals surface area contributed by atoms with Crippen molar-refractivity contribution in [2.24, 2.45) is 0 Å². The lowest BCUT2D eigenvalue weighted by Gasteiger charge is -2.08. The third-order valence-corrected chi connectivity index (χ3v) is 2.32. The van der Waals surface area contributed by atoms with Crippen LogP contribution >= 0.6 is 0 Å². The molecule has 1 heterocycles. The van der Waals surface area contributed by atoms with Crippen molar-refractivity contribution in [1.82, 2.24) is 9.97 Å². The molecule has 0 spiro atoms. The van der Waals surface area contributed by atoms with Gasteiger partial charge in [-0.25, -0.2) is 9.97 Å². The first-order chi connectivity index (χ1) is 7.19. The van der Waals surface area contributed by atoms with Crippen LogP contribution in [0.2, 0.25) is 0 Å². The first-order valence-corrected chi connectivity index (χ1v) is 5.38. The lowest BCUT2D eigenvalue weighted by Crippen LogP contribution is -2.09. The van der Waals surface area contributed by atoms with E-state index in [1.165, 1.54) is 0 Å². The molecule has 1 aromatic rings. The number of aromatic nitrogens is 2. The molecular formula is C11H19N3O. The van der Waals surface area contributed by atoms with Crippen LogP contribution in [0.1, 0.15) is 30.9 Å². The first kappa shape index (κ1) is 11.9. The SMILES string of the molecule is CCOCCc1nc(C)c(CC)c(N)n1. The van der Waals surface area contributed by atoms with Crippen LogP contribution in [0.25, 0.3) is 0 Å². The van der Waals surface area contributed by atoms with Crippen LogP contribution in [0, 0.1) is 6.92 Å². The molecule has 0 aliphatic heterocycles. The third kappa shape index (κ3) is 3.16. The molecule has 0 fully saturated rings. The molecule has 0 aliphatic rings. The molecule has 0 radical (unpaired) electrons. The Morgan fingerprint density at radius 2 is 2.00 bits per heavy atom. The molecule has 1 rings (SSSR count). The smallest absolute Gasteiger partial charge is 0.133 e. The number of nitrogens with zero attached hydrogens (tertiary/aromatic N) is 2. The topological polar surface area (TPSA) is 61.0 Å². The normalized spacial score (nSPS) is 10.6. The van der Waals surface area contributed by atoms with Crippen molar-refractivity contribution in [3.63, 3.8) is 0 Å². The molecule has 0 aliphatic carbocycles. The molecule has 84 valence electrons. The van der Waals surface area contributed by atoms with Crippen LogP contribution in [0.5, 0.6) is 0 Å². The third-order valence-electron chi connectivity index (χ3n) is 2.32. The van der Waals surface area contributed by atoms with Crippen LogP contribution in [0.15, 0.2) is 0 Å². The van der Waals surface area contributed by atoms with E-state index in [-0.39, 0.29) is 0 Å². The highest BCUT2D eigenvalue weighted by molar-refractivity contribution is 5.41. The minimum Gasteiger partial charge on any atom is -0.383 e. The van der Waals surface area contributed by atoms with E-state index < -0.39 is 0 Å². The Kier molecular flexibility index (Phi) is 4.49. The average molecular weight is 209 g/mol. The number of hydrogen-bond acceptors (Lipinski definition) is 4. The highest BCUT2D eigenvalue weighted by Crippen LogP contribution is 2.13. The van der Waals surface area contributed by atoms with Crippen molar-refractivity contribution in [3.05, 3.63) is 17.1 Å². The summed E-state index contributed by atoms with van der Waals surface area (Å²) in [7, 11) is 0. The Hall–Kier alpha value is -1.16. The number of hydrogen-bond donors (Lipinski definition) is 1. The highest BCUT2D eigenvalue weighted by Gasteiger charge is 2.06. The second-order valence-corrected chi connectivity index (χ2v) is 3.39. The predicted molar refractivity (Wildman–Crippen MR) is 60.8 cm³/mol. The second kappa shape index (κ2) is 5.66. The number of rotatable bonds is 5. The molecular weight excluding hydrogens is 190 g/mol. The fraction of sp³-hybridized carbons (Fsp3) is 0.636. The summed E-state index contributed by atoms with van der Waals surface area (Å²) < 4.78 is 5.25. The van der Waals surface area contributed by atoms with E-state index in [1.54, 1.807) is 0 Å². The molecule has 4 heteroatoms. The summed E-state index contributed by atoms with van der Waals surface area (Å²) in [5, 5.41) is 0. The van der Waals surface area contributed by atoms with Gasteiger partial charge < -0.3 is 10.5 Å². The highest BCUT2D eigenvalue weighted by atomic mass is 16.5. The van der Waals surface area contributed by atoms with Gasteiger partial charge in [0.15, 0.2) is 0 Å². The van der Waals surface area contributed by atoms with Gasteiger partial charge in [-0.15, -0.1) is 0 Å². The van der Waals surface area contributed by atoms with Crippen LogP contribution in [-0.2, 0) is 17.6 Å². The standard InChI is InChI=1S/C11H19N3O/c1-4-9-8(3)13-10(14-11(9)12)6-7-15-5-2/h4-7H2,1-3H3,(H2,12,13,14). The minimum atomic E-state index is 0.608. The maximum Gasteiger partial charge on any atom is 0.133 e. The minimum absolute atomic E-state index is 0.608. The van der Waals surface area contributed by atoms with Crippen molar-refractivity contribution in [3.8, 4) is 0 Å². The molecule has 0 bridgehead atoms. The number of aryl methyl sites for hydroxylation is 1. The van der Waals surface area contributed by atoms with E-state index in [4.69, 9.17) is 10.5 Å². The summed E-state index contributed by atoms with van der Waals surface area (Å²) in [4.78, 5) is 8.67. The maximum atomic E-state index is 5.85. The molecule has 0 saturated heterocycles. The van der Waals surface area contributed by atoms with E-state index >= 15 is 0 Å². The van der Waals surface area contributed by atoms with Gasteiger partial charge in [-0.05, 0) is 20.3 Å². The summed E-state index contributed by atoms with van der Waals surface area (Å²) in [6.45, 7) is 7.38. The summed E-state index contributed by atoms with van der Waals surface area (Å²) in [6.07, 6.45) is 1.60. The zero-order chi connectivity index (χ0) is 11.3. The molecule has 0 atom stereocenters. The van der Waals surface area contributed by atoms with Crippen LogP contribution in [0.3, 0.4) is 0 Å². The van der Waals surface area contributed by atoms with Crippen LogP contribution in [0.4, 0.5) is 5.82 Å². The largest absolute Gasteiger partial charge is 0.383 e. The Morgan fingerprint density at radius 3 is 2.53 bits per heavy atom. The number of nitrogen functional groups attached to an aromatic ring is 1. The van der Waals surface area contributed by atoms with E-state index in [0.717, 1.165) is 36.5 Å². The molecule has 0 saturated carbocycles. The van der Waals surface area contributed by atoms with Gasteiger partial charge in [-0.2, -0.15) is 0 Å². The van der Waals surface area contributed by atoms with Gasteiger partial charge in [-0.1, -0.05) is 6.92 Å². The fourth-order valence-electron chi connectivity index (χ4n) is 1.53. The molecule has 0 amide bonds. The summed E-state index contributed by atoms with van der Waals surface area (Å²) in [5.41, 5.74) is 7.88. The maximum absolute atomic E-state index is 5.85. The molecule has 0 aromatic carbocycles. The Balaban J connectivity index is 2.75. The number of nitrogens with two attached hydrogens (primary N) is 1. The van der Waals surface area contributed by atoms with Crippen LogP contribution in [-0.4, -0.2) is 23.2 Å². The van der Waals surface area contributed by atoms with E-state index in [9.17, 15) is 0 Å².